The average Bonchev–Trinajstić information content (AvgIpc) is 2.98. The fraction of sp³-hybridized carbons (Fsp3) is 0.400. The highest BCUT2D eigenvalue weighted by Crippen LogP contribution is 2.31. The number of rotatable bonds is 7. The molecule has 0 aliphatic carbocycles. The molecule has 6 heteroatoms. The predicted molar refractivity (Wildman–Crippen MR) is 127 cm³/mol. The summed E-state index contributed by atoms with van der Waals surface area (Å²) in [6, 6.07) is 12.4. The largest absolute Gasteiger partial charge is 0.497 e. The zero-order valence-electron chi connectivity index (χ0n) is 19.1. The summed E-state index contributed by atoms with van der Waals surface area (Å²) in [4.78, 5) is 15.8. The van der Waals surface area contributed by atoms with Crippen molar-refractivity contribution >= 4 is 29.2 Å². The number of fused-ring (bicyclic) bond motifs is 1. The summed E-state index contributed by atoms with van der Waals surface area (Å²) < 4.78 is 20.5. The maximum atomic E-state index is 13.3. The van der Waals surface area contributed by atoms with Crippen LogP contribution in [-0.4, -0.2) is 41.1 Å². The van der Waals surface area contributed by atoms with E-state index >= 15 is 0 Å². The van der Waals surface area contributed by atoms with E-state index in [1.807, 2.05) is 25.1 Å². The van der Waals surface area contributed by atoms with Crippen molar-refractivity contribution in [2.75, 3.05) is 13.7 Å². The van der Waals surface area contributed by atoms with E-state index in [1.54, 1.807) is 11.7 Å². The molecule has 0 aliphatic heterocycles. The molecule has 4 nitrogen and oxygen atoms in total. The molecule has 0 bridgehead atoms. The van der Waals surface area contributed by atoms with E-state index in [9.17, 15) is 9.18 Å². The van der Waals surface area contributed by atoms with Crippen LogP contribution in [0.25, 0.3) is 10.9 Å². The van der Waals surface area contributed by atoms with Crippen LogP contribution in [0.4, 0.5) is 4.39 Å². The number of aromatic nitrogens is 1. The summed E-state index contributed by atoms with van der Waals surface area (Å²) in [7, 11) is 1.65. The Bertz CT molecular complexity index is 1030. The zero-order valence-corrected chi connectivity index (χ0v) is 19.9. The molecule has 0 atom stereocenters. The van der Waals surface area contributed by atoms with Gasteiger partial charge in [-0.1, -0.05) is 0 Å². The number of carbonyl (C=O) groups is 1. The summed E-state index contributed by atoms with van der Waals surface area (Å²) in [5, 5.41) is 1.02. The summed E-state index contributed by atoms with van der Waals surface area (Å²) in [6.45, 7) is 11.7. The molecule has 0 N–H and O–H groups in total. The molecule has 2 aromatic carbocycles. The van der Waals surface area contributed by atoms with E-state index in [0.29, 0.717) is 17.6 Å². The first-order valence-electron chi connectivity index (χ1n) is 10.5. The second kappa shape index (κ2) is 10.3. The Morgan fingerprint density at radius 2 is 1.68 bits per heavy atom. The first-order chi connectivity index (χ1) is 14.2. The van der Waals surface area contributed by atoms with Crippen LogP contribution >= 0.6 is 12.4 Å². The molecule has 0 saturated carbocycles. The number of benzene rings is 2. The fourth-order valence-electron chi connectivity index (χ4n) is 4.24. The molecule has 0 fully saturated rings. The van der Waals surface area contributed by atoms with Gasteiger partial charge in [-0.05, 0) is 89.1 Å². The van der Waals surface area contributed by atoms with Crippen molar-refractivity contribution in [1.29, 1.82) is 0 Å². The number of hydrogen-bond donors (Lipinski definition) is 0. The number of methoxy groups -OCH3 is 1. The van der Waals surface area contributed by atoms with Crippen LogP contribution in [0.1, 0.15) is 49.3 Å². The van der Waals surface area contributed by atoms with Crippen LogP contribution in [0.15, 0.2) is 42.5 Å². The molecule has 0 aliphatic rings. The molecule has 3 rings (SSSR count). The first kappa shape index (κ1) is 24.9. The van der Waals surface area contributed by atoms with Gasteiger partial charge in [-0.25, -0.2) is 4.39 Å². The van der Waals surface area contributed by atoms with Crippen molar-refractivity contribution in [2.24, 2.45) is 0 Å². The van der Waals surface area contributed by atoms with Crippen molar-refractivity contribution in [1.82, 2.24) is 9.47 Å². The molecule has 168 valence electrons. The minimum absolute atomic E-state index is 0. The van der Waals surface area contributed by atoms with Gasteiger partial charge in [-0.15, -0.1) is 12.4 Å². The number of carbonyl (C=O) groups excluding carboxylic acids is 1. The molecule has 0 spiro atoms. The molecule has 1 heterocycles. The third kappa shape index (κ3) is 5.10. The lowest BCUT2D eigenvalue weighted by molar-refractivity contribution is 0.0962. The fourth-order valence-corrected chi connectivity index (χ4v) is 4.24. The molecule has 0 amide bonds. The highest BCUT2D eigenvalue weighted by Gasteiger charge is 2.22. The lowest BCUT2D eigenvalue weighted by Crippen LogP contribution is -2.38. The van der Waals surface area contributed by atoms with Crippen LogP contribution in [0.2, 0.25) is 0 Å². The highest BCUT2D eigenvalue weighted by molar-refractivity contribution is 6.04. The van der Waals surface area contributed by atoms with Gasteiger partial charge in [0, 0.05) is 35.3 Å². The van der Waals surface area contributed by atoms with Gasteiger partial charge in [-0.2, -0.15) is 0 Å². The zero-order chi connectivity index (χ0) is 22.0. The van der Waals surface area contributed by atoms with Crippen molar-refractivity contribution in [3.05, 3.63) is 65.1 Å². The van der Waals surface area contributed by atoms with Crippen molar-refractivity contribution in [3.63, 3.8) is 0 Å². The summed E-state index contributed by atoms with van der Waals surface area (Å²) in [6.07, 6.45) is 0.829. The number of hydrogen-bond acceptors (Lipinski definition) is 3. The van der Waals surface area contributed by atoms with Crippen molar-refractivity contribution in [2.45, 2.75) is 53.1 Å². The monoisotopic (exact) mass is 446 g/mol. The van der Waals surface area contributed by atoms with E-state index < -0.39 is 0 Å². The van der Waals surface area contributed by atoms with E-state index in [1.165, 1.54) is 24.3 Å². The van der Waals surface area contributed by atoms with Crippen molar-refractivity contribution < 1.29 is 13.9 Å². The summed E-state index contributed by atoms with van der Waals surface area (Å²) in [5.74, 6) is 0.256. The third-order valence-corrected chi connectivity index (χ3v) is 5.78. The van der Waals surface area contributed by atoms with E-state index in [0.717, 1.165) is 40.9 Å². The van der Waals surface area contributed by atoms with Gasteiger partial charge in [0.2, 0.25) is 0 Å². The number of halogens is 2. The van der Waals surface area contributed by atoms with Crippen molar-refractivity contribution in [3.8, 4) is 5.75 Å². The van der Waals surface area contributed by atoms with Gasteiger partial charge < -0.3 is 4.74 Å². The minimum atomic E-state index is -0.353. The van der Waals surface area contributed by atoms with E-state index in [4.69, 9.17) is 4.74 Å². The average molecular weight is 447 g/mol. The first-order valence-corrected chi connectivity index (χ1v) is 10.5. The molecule has 0 saturated heterocycles. The van der Waals surface area contributed by atoms with E-state index in [2.05, 4.69) is 32.6 Å². The molecular formula is C25H32ClFN2O2. The standard InChI is InChI=1S/C25H31FN2O2.ClH/c1-16(2)27(17(3)4)14-13-22-18(5)28(24-12-11-21(30-6)15-23(22)24)25(29)19-7-9-20(26)10-8-19;/h7-12,15-17H,13-14H2,1-6H3;1H. The Morgan fingerprint density at radius 3 is 2.23 bits per heavy atom. The van der Waals surface area contributed by atoms with Gasteiger partial charge >= 0.3 is 0 Å². The second-order valence-electron chi connectivity index (χ2n) is 8.27. The lowest BCUT2D eigenvalue weighted by atomic mass is 10.1. The molecule has 0 unspecified atom stereocenters. The summed E-state index contributed by atoms with van der Waals surface area (Å²) >= 11 is 0. The Hall–Kier alpha value is -2.37. The Balaban J connectivity index is 0.00000341. The maximum absolute atomic E-state index is 13.3. The van der Waals surface area contributed by atoms with E-state index in [-0.39, 0.29) is 24.1 Å². The van der Waals surface area contributed by atoms with Crippen LogP contribution < -0.4 is 4.74 Å². The molecule has 3 aromatic rings. The number of ether oxygens (including phenoxy) is 1. The third-order valence-electron chi connectivity index (χ3n) is 5.78. The SMILES string of the molecule is COc1ccc2c(c1)c(CCN(C(C)C)C(C)C)c(C)n2C(=O)c1ccc(F)cc1.Cl. The van der Waals surface area contributed by atoms with Gasteiger partial charge in [0.25, 0.3) is 5.91 Å². The Morgan fingerprint density at radius 1 is 1.06 bits per heavy atom. The van der Waals surface area contributed by atoms with Gasteiger partial charge in [0.15, 0.2) is 0 Å². The Labute approximate surface area is 190 Å². The molecule has 31 heavy (non-hydrogen) atoms. The van der Waals surface area contributed by atoms with Gasteiger partial charge in [0.05, 0.1) is 12.6 Å². The Kier molecular flexibility index (Phi) is 8.27. The smallest absolute Gasteiger partial charge is 0.262 e. The maximum Gasteiger partial charge on any atom is 0.262 e. The minimum Gasteiger partial charge on any atom is -0.497 e. The summed E-state index contributed by atoms with van der Waals surface area (Å²) in [5.41, 5.74) is 3.37. The molecule has 1 aromatic heterocycles. The lowest BCUT2D eigenvalue weighted by Gasteiger charge is -2.30. The van der Waals surface area contributed by atoms with Gasteiger partial charge in [0.1, 0.15) is 11.6 Å². The van der Waals surface area contributed by atoms with Crippen LogP contribution in [0, 0.1) is 12.7 Å². The topological polar surface area (TPSA) is 34.5 Å². The van der Waals surface area contributed by atoms with Crippen LogP contribution in [-0.2, 0) is 6.42 Å². The normalized spacial score (nSPS) is 11.4. The highest BCUT2D eigenvalue weighted by atomic mass is 35.5. The molecular weight excluding hydrogens is 415 g/mol. The number of nitrogens with zero attached hydrogens (tertiary/aromatic N) is 2. The van der Waals surface area contributed by atoms with Gasteiger partial charge in [-0.3, -0.25) is 14.3 Å². The molecule has 0 radical (unpaired) electrons. The second-order valence-corrected chi connectivity index (χ2v) is 8.27. The van der Waals surface area contributed by atoms with Crippen LogP contribution in [0.3, 0.4) is 0 Å². The van der Waals surface area contributed by atoms with Crippen LogP contribution in [0.5, 0.6) is 5.75 Å². The predicted octanol–water partition coefficient (Wildman–Crippen LogP) is 5.87. The quantitative estimate of drug-likeness (QED) is 0.455.